The Morgan fingerprint density at radius 3 is 2.27 bits per heavy atom. The lowest BCUT2D eigenvalue weighted by atomic mass is 10.0. The van der Waals surface area contributed by atoms with Gasteiger partial charge in [0.1, 0.15) is 23.5 Å². The van der Waals surface area contributed by atoms with Crippen LogP contribution < -0.4 is 10.1 Å². The summed E-state index contributed by atoms with van der Waals surface area (Å²) in [5.74, 6) is 0.102. The predicted octanol–water partition coefficient (Wildman–Crippen LogP) is 4.06. The molecule has 0 unspecified atom stereocenters. The van der Waals surface area contributed by atoms with Gasteiger partial charge in [-0.2, -0.15) is 10.5 Å². The van der Waals surface area contributed by atoms with Crippen molar-refractivity contribution in [2.75, 3.05) is 11.9 Å². The summed E-state index contributed by atoms with van der Waals surface area (Å²) in [7, 11) is 0. The number of ether oxygens (including phenoxy) is 1. The first-order valence-corrected chi connectivity index (χ1v) is 8.05. The summed E-state index contributed by atoms with van der Waals surface area (Å²) < 4.78 is 5.18. The summed E-state index contributed by atoms with van der Waals surface area (Å²) in [6.07, 6.45) is 1.52. The maximum Gasteiger partial charge on any atom is 0.266 e. The fourth-order valence-electron chi connectivity index (χ4n) is 2.65. The Kier molecular flexibility index (Phi) is 6.14. The number of amides is 1. The molecule has 26 heavy (non-hydrogen) atoms. The van der Waals surface area contributed by atoms with Crippen molar-refractivity contribution in [2.45, 2.75) is 20.8 Å². The van der Waals surface area contributed by atoms with Crippen molar-refractivity contribution >= 4 is 17.7 Å². The van der Waals surface area contributed by atoms with Crippen LogP contribution in [0, 0.1) is 43.4 Å². The number of nitriles is 2. The third-order valence-corrected chi connectivity index (χ3v) is 3.78. The van der Waals surface area contributed by atoms with E-state index >= 15 is 0 Å². The Balaban J connectivity index is 2.20. The molecule has 0 aliphatic rings. The summed E-state index contributed by atoms with van der Waals surface area (Å²) in [4.78, 5) is 12.5. The van der Waals surface area contributed by atoms with Gasteiger partial charge < -0.3 is 10.1 Å². The molecular formula is C21H19N3O2. The minimum absolute atomic E-state index is 0.00932. The fraction of sp³-hybridized carbons (Fsp3) is 0.190. The van der Waals surface area contributed by atoms with E-state index in [1.165, 1.54) is 6.08 Å². The zero-order valence-electron chi connectivity index (χ0n) is 15.0. The second-order valence-corrected chi connectivity index (χ2v) is 5.91. The number of hydrogen-bond donors (Lipinski definition) is 1. The van der Waals surface area contributed by atoms with Gasteiger partial charge in [-0.25, -0.2) is 0 Å². The van der Waals surface area contributed by atoms with E-state index in [1.807, 2.05) is 45.0 Å². The largest absolute Gasteiger partial charge is 0.479 e. The Hall–Kier alpha value is -3.57. The highest BCUT2D eigenvalue weighted by atomic mass is 16.5. The first kappa shape index (κ1) is 18.8. The van der Waals surface area contributed by atoms with Gasteiger partial charge >= 0.3 is 0 Å². The maximum absolute atomic E-state index is 12.5. The molecule has 0 aromatic heterocycles. The van der Waals surface area contributed by atoms with Crippen LogP contribution in [0.3, 0.4) is 0 Å². The van der Waals surface area contributed by atoms with Crippen LogP contribution in [0.1, 0.15) is 22.3 Å². The number of hydrogen-bond acceptors (Lipinski definition) is 4. The summed E-state index contributed by atoms with van der Waals surface area (Å²) >= 11 is 0. The number of nitrogens with one attached hydrogen (secondary N) is 1. The van der Waals surface area contributed by atoms with Gasteiger partial charge in [0, 0.05) is 5.69 Å². The molecule has 1 amide bonds. The average Bonchev–Trinajstić information content (AvgIpc) is 2.61. The van der Waals surface area contributed by atoms with E-state index in [0.29, 0.717) is 11.3 Å². The number of benzene rings is 2. The highest BCUT2D eigenvalue weighted by Gasteiger charge is 2.13. The molecule has 0 saturated heterocycles. The zero-order chi connectivity index (χ0) is 19.1. The van der Waals surface area contributed by atoms with Crippen molar-refractivity contribution in [3.05, 3.63) is 64.2 Å². The zero-order valence-corrected chi connectivity index (χ0v) is 15.0. The molecule has 0 bridgehead atoms. The standard InChI is InChI=1S/C21H19N3O2/c1-14-10-15(2)20(16(3)11-14)24-21(25)18(13-23)12-17-4-6-19(7-5-17)26-9-8-22/h4-7,10-12H,9H2,1-3H3,(H,24,25)/b18-12+. The summed E-state index contributed by atoms with van der Waals surface area (Å²) in [6, 6.07) is 14.6. The van der Waals surface area contributed by atoms with Crippen molar-refractivity contribution in [2.24, 2.45) is 0 Å². The third-order valence-electron chi connectivity index (χ3n) is 3.78. The van der Waals surface area contributed by atoms with E-state index in [4.69, 9.17) is 10.00 Å². The Morgan fingerprint density at radius 1 is 1.12 bits per heavy atom. The number of rotatable bonds is 5. The van der Waals surface area contributed by atoms with Crippen LogP contribution in [0.25, 0.3) is 6.08 Å². The van der Waals surface area contributed by atoms with Crippen LogP contribution >= 0.6 is 0 Å². The minimum Gasteiger partial charge on any atom is -0.479 e. The molecule has 2 aromatic rings. The third kappa shape index (κ3) is 4.72. The van der Waals surface area contributed by atoms with E-state index < -0.39 is 5.91 Å². The molecule has 0 radical (unpaired) electrons. The number of aryl methyl sites for hydroxylation is 3. The first-order valence-electron chi connectivity index (χ1n) is 8.05. The number of carbonyl (C=O) groups excluding carboxylic acids is 1. The van der Waals surface area contributed by atoms with Crippen molar-refractivity contribution in [3.8, 4) is 17.9 Å². The lowest BCUT2D eigenvalue weighted by Crippen LogP contribution is -2.15. The molecule has 5 heteroatoms. The van der Waals surface area contributed by atoms with Gasteiger partial charge in [0.25, 0.3) is 5.91 Å². The quantitative estimate of drug-likeness (QED) is 0.654. The van der Waals surface area contributed by atoms with Crippen LogP contribution in [0.4, 0.5) is 5.69 Å². The Morgan fingerprint density at radius 2 is 1.73 bits per heavy atom. The molecule has 2 rings (SSSR count). The lowest BCUT2D eigenvalue weighted by Gasteiger charge is -2.12. The lowest BCUT2D eigenvalue weighted by molar-refractivity contribution is -0.112. The van der Waals surface area contributed by atoms with E-state index in [1.54, 1.807) is 24.3 Å². The molecule has 0 fully saturated rings. The van der Waals surface area contributed by atoms with Gasteiger partial charge in [-0.15, -0.1) is 0 Å². The Bertz CT molecular complexity index is 906. The summed E-state index contributed by atoms with van der Waals surface area (Å²) in [5.41, 5.74) is 4.45. The second-order valence-electron chi connectivity index (χ2n) is 5.91. The second kappa shape index (κ2) is 8.50. The van der Waals surface area contributed by atoms with Crippen LogP contribution in [-0.2, 0) is 4.79 Å². The van der Waals surface area contributed by atoms with E-state index in [2.05, 4.69) is 5.32 Å². The number of carbonyl (C=O) groups is 1. The SMILES string of the molecule is Cc1cc(C)c(NC(=O)/C(C#N)=C/c2ccc(OCC#N)cc2)c(C)c1. The molecule has 0 heterocycles. The molecule has 0 atom stereocenters. The van der Waals surface area contributed by atoms with E-state index in [-0.39, 0.29) is 12.2 Å². The fourth-order valence-corrected chi connectivity index (χ4v) is 2.65. The van der Waals surface area contributed by atoms with Gasteiger partial charge in [-0.3, -0.25) is 4.79 Å². The minimum atomic E-state index is -0.452. The van der Waals surface area contributed by atoms with Crippen molar-refractivity contribution < 1.29 is 9.53 Å². The van der Waals surface area contributed by atoms with Gasteiger partial charge in [-0.1, -0.05) is 29.8 Å². The topological polar surface area (TPSA) is 85.9 Å². The molecule has 0 aliphatic carbocycles. The van der Waals surface area contributed by atoms with Gasteiger partial charge in [0.15, 0.2) is 6.61 Å². The van der Waals surface area contributed by atoms with Gasteiger partial charge in [0.2, 0.25) is 0 Å². The Labute approximate surface area is 153 Å². The molecule has 1 N–H and O–H groups in total. The molecule has 0 aliphatic heterocycles. The maximum atomic E-state index is 12.5. The molecular weight excluding hydrogens is 326 g/mol. The first-order chi connectivity index (χ1) is 12.4. The molecule has 0 spiro atoms. The van der Waals surface area contributed by atoms with Crippen LogP contribution in [0.2, 0.25) is 0 Å². The van der Waals surface area contributed by atoms with Crippen molar-refractivity contribution in [3.63, 3.8) is 0 Å². The average molecular weight is 345 g/mol. The molecule has 2 aromatic carbocycles. The van der Waals surface area contributed by atoms with Crippen LogP contribution in [-0.4, -0.2) is 12.5 Å². The number of nitrogens with zero attached hydrogens (tertiary/aromatic N) is 2. The van der Waals surface area contributed by atoms with Gasteiger partial charge in [-0.05, 0) is 55.7 Å². The van der Waals surface area contributed by atoms with Gasteiger partial charge in [0.05, 0.1) is 0 Å². The predicted molar refractivity (Wildman–Crippen MR) is 100 cm³/mol. The van der Waals surface area contributed by atoms with E-state index in [0.717, 1.165) is 22.4 Å². The van der Waals surface area contributed by atoms with Crippen molar-refractivity contribution in [1.29, 1.82) is 10.5 Å². The normalized spacial score (nSPS) is 10.6. The molecule has 0 saturated carbocycles. The summed E-state index contributed by atoms with van der Waals surface area (Å²) in [5, 5.41) is 20.7. The van der Waals surface area contributed by atoms with Crippen molar-refractivity contribution in [1.82, 2.24) is 0 Å². The van der Waals surface area contributed by atoms with E-state index in [9.17, 15) is 10.1 Å². The highest BCUT2D eigenvalue weighted by Crippen LogP contribution is 2.23. The number of anilines is 1. The molecule has 130 valence electrons. The molecule has 5 nitrogen and oxygen atoms in total. The monoisotopic (exact) mass is 345 g/mol. The van der Waals surface area contributed by atoms with Crippen LogP contribution in [0.15, 0.2) is 42.0 Å². The smallest absolute Gasteiger partial charge is 0.266 e. The van der Waals surface area contributed by atoms with Crippen LogP contribution in [0.5, 0.6) is 5.75 Å². The highest BCUT2D eigenvalue weighted by molar-refractivity contribution is 6.10. The summed E-state index contributed by atoms with van der Waals surface area (Å²) in [6.45, 7) is 5.81.